The third kappa shape index (κ3) is 4.80. The second-order valence-corrected chi connectivity index (χ2v) is 8.05. The number of aliphatic carboxylic acids is 1. The monoisotopic (exact) mass is 365 g/mol. The van der Waals surface area contributed by atoms with E-state index in [4.69, 9.17) is 5.11 Å². The Bertz CT molecular complexity index is 612. The van der Waals surface area contributed by atoms with E-state index in [0.717, 1.165) is 19.6 Å². The topological polar surface area (TPSA) is 64.1 Å². The van der Waals surface area contributed by atoms with Gasteiger partial charge in [-0.2, -0.15) is 0 Å². The molecule has 1 N–H and O–H groups in total. The molecule has 2 fully saturated rings. The molecule has 1 aromatic rings. The molecule has 2 aliphatic rings. The highest BCUT2D eigenvalue weighted by Gasteiger charge is 2.32. The molecule has 2 saturated heterocycles. The molecule has 1 atom stereocenters. The molecule has 0 bridgehead atoms. The van der Waals surface area contributed by atoms with Crippen molar-refractivity contribution in [3.63, 3.8) is 0 Å². The summed E-state index contributed by atoms with van der Waals surface area (Å²) in [6, 6.07) is 2.00. The van der Waals surface area contributed by atoms with Crippen LogP contribution in [-0.2, 0) is 22.7 Å². The molecule has 0 aliphatic carbocycles. The maximum absolute atomic E-state index is 12.3. The van der Waals surface area contributed by atoms with Crippen LogP contribution in [-0.4, -0.2) is 70.4 Å². The Labute approximate surface area is 153 Å². The maximum atomic E-state index is 12.3. The maximum Gasteiger partial charge on any atom is 0.323 e. The highest BCUT2D eigenvalue weighted by molar-refractivity contribution is 7.10. The summed E-state index contributed by atoms with van der Waals surface area (Å²) < 4.78 is 0. The van der Waals surface area contributed by atoms with E-state index in [0.29, 0.717) is 6.54 Å². The minimum Gasteiger partial charge on any atom is -0.480 e. The van der Waals surface area contributed by atoms with Gasteiger partial charge in [0.25, 0.3) is 0 Å². The molecular weight excluding hydrogens is 338 g/mol. The van der Waals surface area contributed by atoms with Gasteiger partial charge in [0.05, 0.1) is 6.04 Å². The average Bonchev–Trinajstić information content (AvgIpc) is 3.02. The van der Waals surface area contributed by atoms with Crippen LogP contribution in [0.2, 0.25) is 0 Å². The van der Waals surface area contributed by atoms with Gasteiger partial charge in [-0.05, 0) is 49.9 Å². The standard InChI is InChI=1S/C18H27N3O3S/c1-14-18(24)21(12-17(22)23)8-7-20(14)11-16-9-15(13-25-16)10-19-5-3-2-4-6-19/h9,13-14H,2-8,10-12H2,1H3,(H,22,23). The summed E-state index contributed by atoms with van der Waals surface area (Å²) in [5, 5.41) is 11.1. The summed E-state index contributed by atoms with van der Waals surface area (Å²) >= 11 is 1.76. The van der Waals surface area contributed by atoms with Crippen molar-refractivity contribution in [2.75, 3.05) is 32.7 Å². The number of carbonyl (C=O) groups excluding carboxylic acids is 1. The van der Waals surface area contributed by atoms with Crippen LogP contribution in [0.15, 0.2) is 11.4 Å². The van der Waals surface area contributed by atoms with Crippen LogP contribution < -0.4 is 0 Å². The van der Waals surface area contributed by atoms with Crippen molar-refractivity contribution >= 4 is 23.2 Å². The van der Waals surface area contributed by atoms with Crippen LogP contribution in [0.5, 0.6) is 0 Å². The van der Waals surface area contributed by atoms with E-state index < -0.39 is 5.97 Å². The van der Waals surface area contributed by atoms with Crippen molar-refractivity contribution in [1.29, 1.82) is 0 Å². The zero-order valence-electron chi connectivity index (χ0n) is 14.8. The van der Waals surface area contributed by atoms with Gasteiger partial charge in [-0.1, -0.05) is 6.42 Å². The molecule has 6 nitrogen and oxygen atoms in total. The van der Waals surface area contributed by atoms with Crippen LogP contribution in [0.4, 0.5) is 0 Å². The van der Waals surface area contributed by atoms with Crippen molar-refractivity contribution in [2.24, 2.45) is 0 Å². The van der Waals surface area contributed by atoms with Crippen molar-refractivity contribution < 1.29 is 14.7 Å². The van der Waals surface area contributed by atoms with Gasteiger partial charge in [0.1, 0.15) is 6.54 Å². The number of nitrogens with zero attached hydrogens (tertiary/aromatic N) is 3. The van der Waals surface area contributed by atoms with Crippen LogP contribution in [0.3, 0.4) is 0 Å². The Morgan fingerprint density at radius 2 is 1.96 bits per heavy atom. The van der Waals surface area contributed by atoms with Gasteiger partial charge in [0, 0.05) is 31.1 Å². The third-order valence-electron chi connectivity index (χ3n) is 5.12. The molecule has 1 amide bonds. The normalized spacial score (nSPS) is 23.2. The summed E-state index contributed by atoms with van der Waals surface area (Å²) in [7, 11) is 0. The number of piperidine rings is 1. The second-order valence-electron chi connectivity index (χ2n) is 7.06. The Balaban J connectivity index is 1.54. The lowest BCUT2D eigenvalue weighted by molar-refractivity contribution is -0.150. The average molecular weight is 365 g/mol. The second kappa shape index (κ2) is 8.29. The minimum atomic E-state index is -0.949. The number of amides is 1. The van der Waals surface area contributed by atoms with Gasteiger partial charge in [0.2, 0.25) is 5.91 Å². The van der Waals surface area contributed by atoms with Crippen LogP contribution in [0, 0.1) is 0 Å². The number of rotatable bonds is 6. The highest BCUT2D eigenvalue weighted by Crippen LogP contribution is 2.22. The fourth-order valence-corrected chi connectivity index (χ4v) is 4.58. The molecule has 138 valence electrons. The Hall–Kier alpha value is -1.44. The number of thiophene rings is 1. The highest BCUT2D eigenvalue weighted by atomic mass is 32.1. The van der Waals surface area contributed by atoms with Crippen molar-refractivity contribution in [3.8, 4) is 0 Å². The molecular formula is C18H27N3O3S. The molecule has 0 spiro atoms. The molecule has 25 heavy (non-hydrogen) atoms. The number of piperazine rings is 1. The fraction of sp³-hybridized carbons (Fsp3) is 0.667. The first kappa shape index (κ1) is 18.4. The molecule has 2 aliphatic heterocycles. The molecule has 3 heterocycles. The summed E-state index contributed by atoms with van der Waals surface area (Å²) in [6.45, 7) is 7.07. The molecule has 0 aromatic carbocycles. The van der Waals surface area contributed by atoms with Gasteiger partial charge in [0.15, 0.2) is 0 Å². The van der Waals surface area contributed by atoms with Gasteiger partial charge in [-0.25, -0.2) is 0 Å². The van der Waals surface area contributed by atoms with Gasteiger partial charge < -0.3 is 10.0 Å². The quantitative estimate of drug-likeness (QED) is 0.834. The van der Waals surface area contributed by atoms with Gasteiger partial charge in [-0.15, -0.1) is 11.3 Å². The molecule has 1 unspecified atom stereocenters. The van der Waals surface area contributed by atoms with E-state index in [1.165, 1.54) is 47.7 Å². The van der Waals surface area contributed by atoms with Crippen molar-refractivity contribution in [2.45, 2.75) is 45.3 Å². The van der Waals surface area contributed by atoms with Crippen LogP contribution >= 0.6 is 11.3 Å². The zero-order valence-corrected chi connectivity index (χ0v) is 15.6. The first-order valence-electron chi connectivity index (χ1n) is 9.06. The van der Waals surface area contributed by atoms with Crippen molar-refractivity contribution in [3.05, 3.63) is 21.9 Å². The number of carbonyl (C=O) groups is 2. The number of hydrogen-bond donors (Lipinski definition) is 1. The lowest BCUT2D eigenvalue weighted by Gasteiger charge is -2.38. The van der Waals surface area contributed by atoms with Crippen molar-refractivity contribution in [1.82, 2.24) is 14.7 Å². The van der Waals surface area contributed by atoms with Gasteiger partial charge in [-0.3, -0.25) is 19.4 Å². The van der Waals surface area contributed by atoms with Crippen LogP contribution in [0.25, 0.3) is 0 Å². The molecule has 0 saturated carbocycles. The summed E-state index contributed by atoms with van der Waals surface area (Å²) in [4.78, 5) is 30.6. The Morgan fingerprint density at radius 1 is 1.20 bits per heavy atom. The summed E-state index contributed by atoms with van der Waals surface area (Å²) in [5.41, 5.74) is 1.37. The lowest BCUT2D eigenvalue weighted by atomic mass is 10.1. The Morgan fingerprint density at radius 3 is 2.68 bits per heavy atom. The first-order valence-corrected chi connectivity index (χ1v) is 9.94. The number of hydrogen-bond acceptors (Lipinski definition) is 5. The number of carboxylic acids is 1. The van der Waals surface area contributed by atoms with E-state index in [1.54, 1.807) is 11.3 Å². The van der Waals surface area contributed by atoms with Crippen LogP contribution in [0.1, 0.15) is 36.6 Å². The summed E-state index contributed by atoms with van der Waals surface area (Å²) in [5.74, 6) is -1.03. The predicted molar refractivity (Wildman–Crippen MR) is 97.5 cm³/mol. The SMILES string of the molecule is CC1C(=O)N(CC(=O)O)CCN1Cc1cc(CN2CCCCC2)cs1. The molecule has 3 rings (SSSR count). The largest absolute Gasteiger partial charge is 0.480 e. The zero-order chi connectivity index (χ0) is 17.8. The fourth-order valence-electron chi connectivity index (χ4n) is 3.68. The number of carboxylic acid groups (broad SMARTS) is 1. The smallest absolute Gasteiger partial charge is 0.323 e. The first-order chi connectivity index (χ1) is 12.0. The molecule has 1 aromatic heterocycles. The van der Waals surface area contributed by atoms with E-state index in [1.807, 2.05) is 6.92 Å². The molecule has 0 radical (unpaired) electrons. The third-order valence-corrected chi connectivity index (χ3v) is 6.09. The summed E-state index contributed by atoms with van der Waals surface area (Å²) in [6.07, 6.45) is 3.96. The van der Waals surface area contributed by atoms with Gasteiger partial charge >= 0.3 is 5.97 Å². The van der Waals surface area contributed by atoms with E-state index in [-0.39, 0.29) is 18.5 Å². The molecule has 7 heteroatoms. The Kier molecular flexibility index (Phi) is 6.09. The van der Waals surface area contributed by atoms with E-state index >= 15 is 0 Å². The van der Waals surface area contributed by atoms with E-state index in [2.05, 4.69) is 21.2 Å². The predicted octanol–water partition coefficient (Wildman–Crippen LogP) is 1.85. The lowest BCUT2D eigenvalue weighted by Crippen LogP contribution is -2.56. The van der Waals surface area contributed by atoms with E-state index in [9.17, 15) is 9.59 Å². The minimum absolute atomic E-state index is 0.0845. The number of likely N-dealkylation sites (tertiary alicyclic amines) is 1.